The average molecular weight is 312 g/mol. The van der Waals surface area contributed by atoms with Crippen molar-refractivity contribution in [3.8, 4) is 0 Å². The highest BCUT2D eigenvalue weighted by Crippen LogP contribution is 2.31. The minimum Gasteiger partial charge on any atom is -0.329 e. The number of hydrogen-bond donors (Lipinski definition) is 0. The van der Waals surface area contributed by atoms with Crippen molar-refractivity contribution in [2.75, 3.05) is 6.54 Å². The Morgan fingerprint density at radius 1 is 1.27 bits per heavy atom. The van der Waals surface area contributed by atoms with E-state index in [1.54, 1.807) is 10.7 Å². The molecule has 5 nitrogen and oxygen atoms in total. The van der Waals surface area contributed by atoms with Gasteiger partial charge in [-0.25, -0.2) is 9.50 Å². The first-order chi connectivity index (χ1) is 10.8. The number of aromatic nitrogens is 3. The van der Waals surface area contributed by atoms with E-state index >= 15 is 0 Å². The number of hydrogen-bond acceptors (Lipinski definition) is 4. The molecule has 1 fully saturated rings. The first-order valence-electron chi connectivity index (χ1n) is 7.48. The predicted molar refractivity (Wildman–Crippen MR) is 84.9 cm³/mol. The van der Waals surface area contributed by atoms with Crippen LogP contribution in [-0.2, 0) is 0 Å². The van der Waals surface area contributed by atoms with Crippen molar-refractivity contribution in [2.24, 2.45) is 0 Å². The minimum atomic E-state index is 0.0586. The molecule has 4 heterocycles. The van der Waals surface area contributed by atoms with Crippen LogP contribution in [0.4, 0.5) is 0 Å². The molecule has 1 atom stereocenters. The maximum absolute atomic E-state index is 12.7. The van der Waals surface area contributed by atoms with Gasteiger partial charge >= 0.3 is 0 Å². The third-order valence-electron chi connectivity index (χ3n) is 4.12. The highest BCUT2D eigenvalue weighted by molar-refractivity contribution is 7.12. The molecule has 1 amide bonds. The zero-order chi connectivity index (χ0) is 14.9. The molecule has 0 radical (unpaired) electrons. The van der Waals surface area contributed by atoms with Gasteiger partial charge < -0.3 is 4.90 Å². The monoisotopic (exact) mass is 312 g/mol. The molecular formula is C16H16N4OS. The lowest BCUT2D eigenvalue weighted by Crippen LogP contribution is -2.38. The van der Waals surface area contributed by atoms with Gasteiger partial charge in [0, 0.05) is 18.8 Å². The molecule has 0 saturated carbocycles. The first-order valence-corrected chi connectivity index (χ1v) is 8.36. The molecule has 0 unspecified atom stereocenters. The molecule has 3 aromatic rings. The lowest BCUT2D eigenvalue weighted by Gasteiger charge is -2.35. The van der Waals surface area contributed by atoms with E-state index in [1.807, 2.05) is 40.7 Å². The summed E-state index contributed by atoms with van der Waals surface area (Å²) in [6, 6.07) is 7.74. The second-order valence-corrected chi connectivity index (χ2v) is 6.42. The number of fused-ring (bicyclic) bond motifs is 1. The van der Waals surface area contributed by atoms with Crippen LogP contribution in [0.2, 0.25) is 0 Å². The fourth-order valence-corrected chi connectivity index (χ4v) is 3.72. The van der Waals surface area contributed by atoms with Crippen LogP contribution in [0.5, 0.6) is 0 Å². The van der Waals surface area contributed by atoms with Gasteiger partial charge in [0.15, 0.2) is 5.65 Å². The number of nitrogens with zero attached hydrogens (tertiary/aromatic N) is 4. The van der Waals surface area contributed by atoms with Gasteiger partial charge in [0.2, 0.25) is 0 Å². The number of piperidine rings is 1. The van der Waals surface area contributed by atoms with Crippen molar-refractivity contribution in [3.63, 3.8) is 0 Å². The molecule has 0 bridgehead atoms. The van der Waals surface area contributed by atoms with E-state index in [4.69, 9.17) is 0 Å². The van der Waals surface area contributed by atoms with Crippen LogP contribution in [0, 0.1) is 0 Å². The SMILES string of the molecule is O=C(c1cccs1)N1CCCC[C@@H]1c1ccn2nccc2n1. The number of likely N-dealkylation sites (tertiary alicyclic amines) is 1. The predicted octanol–water partition coefficient (Wildman–Crippen LogP) is 3.16. The Balaban J connectivity index is 1.69. The zero-order valence-electron chi connectivity index (χ0n) is 12.1. The number of carbonyl (C=O) groups excluding carboxylic acids is 1. The summed E-state index contributed by atoms with van der Waals surface area (Å²) in [7, 11) is 0. The standard InChI is InChI=1S/C16H16N4OS/c21-16(14-5-3-11-22-14)19-9-2-1-4-13(19)12-7-10-20-15(18-12)6-8-17-20/h3,5-8,10-11,13H,1-2,4,9H2/t13-/m1/s1. The maximum Gasteiger partial charge on any atom is 0.264 e. The summed E-state index contributed by atoms with van der Waals surface area (Å²) in [6.45, 7) is 0.799. The summed E-state index contributed by atoms with van der Waals surface area (Å²) in [5, 5.41) is 6.12. The third kappa shape index (κ3) is 2.29. The van der Waals surface area contributed by atoms with Crippen LogP contribution < -0.4 is 0 Å². The van der Waals surface area contributed by atoms with E-state index < -0.39 is 0 Å². The highest BCUT2D eigenvalue weighted by atomic mass is 32.1. The van der Waals surface area contributed by atoms with Crippen molar-refractivity contribution < 1.29 is 4.79 Å². The van der Waals surface area contributed by atoms with Gasteiger partial charge in [-0.1, -0.05) is 6.07 Å². The highest BCUT2D eigenvalue weighted by Gasteiger charge is 2.30. The van der Waals surface area contributed by atoms with E-state index in [-0.39, 0.29) is 11.9 Å². The number of amides is 1. The summed E-state index contributed by atoms with van der Waals surface area (Å²) in [6.07, 6.45) is 6.81. The number of thiophene rings is 1. The van der Waals surface area contributed by atoms with Crippen LogP contribution in [0.15, 0.2) is 42.0 Å². The molecule has 0 N–H and O–H groups in total. The van der Waals surface area contributed by atoms with E-state index in [0.29, 0.717) is 0 Å². The molecule has 0 aliphatic carbocycles. The Labute approximate surface area is 132 Å². The zero-order valence-corrected chi connectivity index (χ0v) is 12.9. The number of carbonyl (C=O) groups is 1. The molecule has 1 saturated heterocycles. The van der Waals surface area contributed by atoms with Crippen molar-refractivity contribution in [1.29, 1.82) is 0 Å². The molecule has 0 spiro atoms. The van der Waals surface area contributed by atoms with Crippen LogP contribution in [-0.4, -0.2) is 31.9 Å². The van der Waals surface area contributed by atoms with Crippen LogP contribution in [0.25, 0.3) is 5.65 Å². The molecule has 0 aromatic carbocycles. The first kappa shape index (κ1) is 13.5. The van der Waals surface area contributed by atoms with Crippen molar-refractivity contribution in [1.82, 2.24) is 19.5 Å². The van der Waals surface area contributed by atoms with E-state index in [0.717, 1.165) is 42.0 Å². The Kier molecular flexibility index (Phi) is 3.38. The van der Waals surface area contributed by atoms with Crippen LogP contribution in [0.1, 0.15) is 40.7 Å². The van der Waals surface area contributed by atoms with Gasteiger partial charge in [0.05, 0.1) is 22.8 Å². The van der Waals surface area contributed by atoms with Crippen LogP contribution in [0.3, 0.4) is 0 Å². The lowest BCUT2D eigenvalue weighted by molar-refractivity contribution is 0.0611. The maximum atomic E-state index is 12.7. The minimum absolute atomic E-state index is 0.0586. The van der Waals surface area contributed by atoms with Gasteiger partial charge in [-0.3, -0.25) is 4.79 Å². The fourth-order valence-electron chi connectivity index (χ4n) is 3.04. The van der Waals surface area contributed by atoms with Gasteiger partial charge in [-0.05, 0) is 36.8 Å². The van der Waals surface area contributed by atoms with Crippen molar-refractivity contribution in [2.45, 2.75) is 25.3 Å². The van der Waals surface area contributed by atoms with Crippen LogP contribution >= 0.6 is 11.3 Å². The molecule has 1 aliphatic rings. The summed E-state index contributed by atoms with van der Waals surface area (Å²) in [5.74, 6) is 0.120. The molecule has 6 heteroatoms. The molecule has 22 heavy (non-hydrogen) atoms. The van der Waals surface area contributed by atoms with E-state index in [9.17, 15) is 4.79 Å². The third-order valence-corrected chi connectivity index (χ3v) is 4.97. The Morgan fingerprint density at radius 3 is 3.09 bits per heavy atom. The number of rotatable bonds is 2. The van der Waals surface area contributed by atoms with Crippen molar-refractivity contribution >= 4 is 22.9 Å². The van der Waals surface area contributed by atoms with Gasteiger partial charge in [0.1, 0.15) is 0 Å². The Morgan fingerprint density at radius 2 is 2.23 bits per heavy atom. The summed E-state index contributed by atoms with van der Waals surface area (Å²) in [4.78, 5) is 20.2. The lowest BCUT2D eigenvalue weighted by atomic mass is 9.99. The molecule has 3 aromatic heterocycles. The van der Waals surface area contributed by atoms with Gasteiger partial charge in [0.25, 0.3) is 5.91 Å². The normalized spacial score (nSPS) is 18.7. The Hall–Kier alpha value is -2.21. The van der Waals surface area contributed by atoms with Gasteiger partial charge in [-0.2, -0.15) is 5.10 Å². The van der Waals surface area contributed by atoms with E-state index in [2.05, 4.69) is 10.1 Å². The fraction of sp³-hybridized carbons (Fsp3) is 0.312. The largest absolute Gasteiger partial charge is 0.329 e. The van der Waals surface area contributed by atoms with Gasteiger partial charge in [-0.15, -0.1) is 11.3 Å². The second kappa shape index (κ2) is 5.53. The summed E-state index contributed by atoms with van der Waals surface area (Å²) >= 11 is 1.50. The Bertz CT molecular complexity index is 795. The molecule has 112 valence electrons. The van der Waals surface area contributed by atoms with Crippen molar-refractivity contribution in [3.05, 3.63) is 52.6 Å². The average Bonchev–Trinajstić information content (AvgIpc) is 3.24. The molecule has 4 rings (SSSR count). The topological polar surface area (TPSA) is 50.5 Å². The molecule has 1 aliphatic heterocycles. The second-order valence-electron chi connectivity index (χ2n) is 5.47. The van der Waals surface area contributed by atoms with E-state index in [1.165, 1.54) is 11.3 Å². The smallest absolute Gasteiger partial charge is 0.264 e. The summed E-state index contributed by atoms with van der Waals surface area (Å²) < 4.78 is 1.75. The molecular weight excluding hydrogens is 296 g/mol. The summed E-state index contributed by atoms with van der Waals surface area (Å²) in [5.41, 5.74) is 1.78. The quantitative estimate of drug-likeness (QED) is 0.730.